The molecule has 2 aromatic carbocycles. The van der Waals surface area contributed by atoms with Crippen molar-refractivity contribution in [2.24, 2.45) is 0 Å². The van der Waals surface area contributed by atoms with Gasteiger partial charge in [-0.2, -0.15) is 0 Å². The van der Waals surface area contributed by atoms with Crippen LogP contribution in [0.1, 0.15) is 5.56 Å². The van der Waals surface area contributed by atoms with Gasteiger partial charge in [0.05, 0.1) is 4.92 Å². The summed E-state index contributed by atoms with van der Waals surface area (Å²) in [5.41, 5.74) is 1.98. The third-order valence-electron chi connectivity index (χ3n) is 2.77. The molecule has 108 valence electrons. The predicted molar refractivity (Wildman–Crippen MR) is 89.1 cm³/mol. The number of nitro groups is 1. The van der Waals surface area contributed by atoms with Crippen molar-refractivity contribution in [1.82, 2.24) is 0 Å². The zero-order valence-corrected chi connectivity index (χ0v) is 12.7. The van der Waals surface area contributed by atoms with E-state index in [2.05, 4.69) is 10.6 Å². The molecule has 0 amide bonds. The molecule has 0 heterocycles. The zero-order valence-electron chi connectivity index (χ0n) is 11.1. The SMILES string of the molecule is Cc1ccc(NC(=S)Nc2ccc(Cl)cc2)cc1[N+](=O)[O-]. The number of rotatable bonds is 3. The van der Waals surface area contributed by atoms with E-state index in [9.17, 15) is 10.1 Å². The maximum Gasteiger partial charge on any atom is 0.274 e. The molecule has 0 unspecified atom stereocenters. The summed E-state index contributed by atoms with van der Waals surface area (Å²) in [7, 11) is 0. The number of hydrogen-bond donors (Lipinski definition) is 2. The lowest BCUT2D eigenvalue weighted by Crippen LogP contribution is -2.19. The van der Waals surface area contributed by atoms with Gasteiger partial charge in [0.25, 0.3) is 5.69 Å². The zero-order chi connectivity index (χ0) is 15.4. The number of nitrogens with zero attached hydrogens (tertiary/aromatic N) is 1. The molecule has 2 aromatic rings. The summed E-state index contributed by atoms with van der Waals surface area (Å²) in [6.07, 6.45) is 0. The summed E-state index contributed by atoms with van der Waals surface area (Å²) >= 11 is 11.0. The number of anilines is 2. The first-order valence-electron chi connectivity index (χ1n) is 6.04. The molecule has 0 aromatic heterocycles. The van der Waals surface area contributed by atoms with E-state index in [1.54, 1.807) is 43.3 Å². The van der Waals surface area contributed by atoms with Crippen molar-refractivity contribution in [3.05, 3.63) is 63.2 Å². The largest absolute Gasteiger partial charge is 0.332 e. The van der Waals surface area contributed by atoms with E-state index in [1.165, 1.54) is 6.07 Å². The fraction of sp³-hybridized carbons (Fsp3) is 0.0714. The molecule has 21 heavy (non-hydrogen) atoms. The second-order valence-electron chi connectivity index (χ2n) is 4.34. The number of nitrogens with one attached hydrogen (secondary N) is 2. The number of thiocarbonyl (C=S) groups is 1. The minimum absolute atomic E-state index is 0.0503. The standard InChI is InChI=1S/C14H12ClN3O2S/c1-9-2-5-12(8-13(9)18(19)20)17-14(21)16-11-6-3-10(15)4-7-11/h2-8H,1H3,(H2,16,17,21). The fourth-order valence-electron chi connectivity index (χ4n) is 1.71. The summed E-state index contributed by atoms with van der Waals surface area (Å²) in [6.45, 7) is 1.69. The molecule has 0 saturated heterocycles. The second kappa shape index (κ2) is 6.51. The number of halogens is 1. The molecule has 7 heteroatoms. The van der Waals surface area contributed by atoms with E-state index in [0.717, 1.165) is 5.69 Å². The van der Waals surface area contributed by atoms with Gasteiger partial charge in [0.2, 0.25) is 0 Å². The third-order valence-corrected chi connectivity index (χ3v) is 3.22. The van der Waals surface area contributed by atoms with Crippen molar-refractivity contribution in [3.8, 4) is 0 Å². The van der Waals surface area contributed by atoms with Crippen LogP contribution in [-0.4, -0.2) is 10.0 Å². The van der Waals surface area contributed by atoms with Crippen LogP contribution in [-0.2, 0) is 0 Å². The van der Waals surface area contributed by atoms with Gasteiger partial charge in [0.1, 0.15) is 0 Å². The maximum absolute atomic E-state index is 10.9. The van der Waals surface area contributed by atoms with Crippen LogP contribution in [0.4, 0.5) is 17.1 Å². The minimum atomic E-state index is -0.420. The molecule has 0 aliphatic carbocycles. The molecule has 2 rings (SSSR count). The Morgan fingerprint density at radius 1 is 1.14 bits per heavy atom. The average Bonchev–Trinajstić information content (AvgIpc) is 2.43. The van der Waals surface area contributed by atoms with Crippen LogP contribution in [0.5, 0.6) is 0 Å². The predicted octanol–water partition coefficient (Wildman–Crippen LogP) is 4.37. The van der Waals surface area contributed by atoms with E-state index < -0.39 is 4.92 Å². The van der Waals surface area contributed by atoms with Crippen molar-refractivity contribution < 1.29 is 4.92 Å². The van der Waals surface area contributed by atoms with Gasteiger partial charge in [0, 0.05) is 28.0 Å². The Hall–Kier alpha value is -2.18. The Kier molecular flexibility index (Phi) is 4.72. The molecule has 5 nitrogen and oxygen atoms in total. The molecule has 0 fully saturated rings. The first-order valence-corrected chi connectivity index (χ1v) is 6.83. The van der Waals surface area contributed by atoms with Gasteiger partial charge in [-0.3, -0.25) is 10.1 Å². The summed E-state index contributed by atoms with van der Waals surface area (Å²) in [6, 6.07) is 11.9. The highest BCUT2D eigenvalue weighted by Crippen LogP contribution is 2.22. The van der Waals surface area contributed by atoms with Crippen LogP contribution in [0, 0.1) is 17.0 Å². The molecule has 2 N–H and O–H groups in total. The fourth-order valence-corrected chi connectivity index (χ4v) is 2.07. The Labute approximate surface area is 132 Å². The van der Waals surface area contributed by atoms with Crippen molar-refractivity contribution in [2.75, 3.05) is 10.6 Å². The highest BCUT2D eigenvalue weighted by molar-refractivity contribution is 7.80. The quantitative estimate of drug-likeness (QED) is 0.499. The summed E-state index contributed by atoms with van der Waals surface area (Å²) in [4.78, 5) is 10.5. The topological polar surface area (TPSA) is 67.2 Å². The molecule has 0 aliphatic heterocycles. The van der Waals surface area contributed by atoms with Crippen LogP contribution in [0.3, 0.4) is 0 Å². The van der Waals surface area contributed by atoms with E-state index in [0.29, 0.717) is 21.4 Å². The highest BCUT2D eigenvalue weighted by Gasteiger charge is 2.11. The molecule has 0 aliphatic rings. The van der Waals surface area contributed by atoms with Crippen molar-refractivity contribution in [2.45, 2.75) is 6.92 Å². The molecule has 0 bridgehead atoms. The molecule has 0 atom stereocenters. The average molecular weight is 322 g/mol. The lowest BCUT2D eigenvalue weighted by Gasteiger charge is -2.11. The Morgan fingerprint density at radius 2 is 1.71 bits per heavy atom. The van der Waals surface area contributed by atoms with Crippen LogP contribution in [0.2, 0.25) is 5.02 Å². The van der Waals surface area contributed by atoms with Gasteiger partial charge in [-0.05, 0) is 49.5 Å². The van der Waals surface area contributed by atoms with Crippen LogP contribution in [0.25, 0.3) is 0 Å². The molecule has 0 saturated carbocycles. The van der Waals surface area contributed by atoms with E-state index >= 15 is 0 Å². The first kappa shape index (κ1) is 15.2. The van der Waals surface area contributed by atoms with Crippen molar-refractivity contribution in [1.29, 1.82) is 0 Å². The molecule has 0 radical (unpaired) electrons. The van der Waals surface area contributed by atoms with Crippen LogP contribution < -0.4 is 10.6 Å². The van der Waals surface area contributed by atoms with E-state index in [1.807, 2.05) is 0 Å². The summed E-state index contributed by atoms with van der Waals surface area (Å²) in [5.74, 6) is 0. The maximum atomic E-state index is 10.9. The normalized spacial score (nSPS) is 10.0. The summed E-state index contributed by atoms with van der Waals surface area (Å²) in [5, 5.41) is 17.8. The van der Waals surface area contributed by atoms with Gasteiger partial charge >= 0.3 is 0 Å². The monoisotopic (exact) mass is 321 g/mol. The Balaban J connectivity index is 2.07. The highest BCUT2D eigenvalue weighted by atomic mass is 35.5. The van der Waals surface area contributed by atoms with E-state index in [4.69, 9.17) is 23.8 Å². The first-order chi connectivity index (χ1) is 9.95. The number of aryl methyl sites for hydroxylation is 1. The molecular formula is C14H12ClN3O2S. The second-order valence-corrected chi connectivity index (χ2v) is 5.19. The smallest absolute Gasteiger partial charge is 0.274 e. The molecular weight excluding hydrogens is 310 g/mol. The van der Waals surface area contributed by atoms with Gasteiger partial charge < -0.3 is 10.6 Å². The van der Waals surface area contributed by atoms with Crippen LogP contribution >= 0.6 is 23.8 Å². The molecule has 0 spiro atoms. The number of hydrogen-bond acceptors (Lipinski definition) is 3. The van der Waals surface area contributed by atoms with Gasteiger partial charge in [-0.1, -0.05) is 17.7 Å². The number of nitro benzene ring substituents is 1. The van der Waals surface area contributed by atoms with Crippen LogP contribution in [0.15, 0.2) is 42.5 Å². The van der Waals surface area contributed by atoms with Crippen molar-refractivity contribution in [3.63, 3.8) is 0 Å². The van der Waals surface area contributed by atoms with Crippen molar-refractivity contribution >= 4 is 46.0 Å². The number of benzene rings is 2. The lowest BCUT2D eigenvalue weighted by molar-refractivity contribution is -0.385. The van der Waals surface area contributed by atoms with E-state index in [-0.39, 0.29) is 5.69 Å². The lowest BCUT2D eigenvalue weighted by atomic mass is 10.2. The minimum Gasteiger partial charge on any atom is -0.332 e. The summed E-state index contributed by atoms with van der Waals surface area (Å²) < 4.78 is 0. The van der Waals surface area contributed by atoms with Gasteiger partial charge in [0.15, 0.2) is 5.11 Å². The van der Waals surface area contributed by atoms with Gasteiger partial charge in [-0.15, -0.1) is 0 Å². The third kappa shape index (κ3) is 4.14. The Morgan fingerprint density at radius 3 is 2.33 bits per heavy atom. The van der Waals surface area contributed by atoms with Gasteiger partial charge in [-0.25, -0.2) is 0 Å². The Bertz CT molecular complexity index is 689.